The van der Waals surface area contributed by atoms with Gasteiger partial charge in [-0.1, -0.05) is 29.3 Å². The minimum atomic E-state index is -0.469. The molecule has 0 saturated heterocycles. The highest BCUT2D eigenvalue weighted by Crippen LogP contribution is 2.33. The number of hydrogen-bond acceptors (Lipinski definition) is 6. The number of carbonyl (C=O) groups excluding carboxylic acids is 1. The molecule has 9 heteroatoms. The number of aromatic nitrogens is 3. The van der Waals surface area contributed by atoms with Crippen molar-refractivity contribution in [2.24, 2.45) is 0 Å². The molecular formula is C19H17Cl2N3O4. The Hall–Kier alpha value is -2.77. The van der Waals surface area contributed by atoms with Crippen LogP contribution in [0.3, 0.4) is 0 Å². The second-order valence-electron chi connectivity index (χ2n) is 5.80. The van der Waals surface area contributed by atoms with E-state index < -0.39 is 5.97 Å². The molecule has 0 spiro atoms. The van der Waals surface area contributed by atoms with Crippen molar-refractivity contribution in [2.45, 2.75) is 13.3 Å². The van der Waals surface area contributed by atoms with Gasteiger partial charge in [0.2, 0.25) is 0 Å². The predicted molar refractivity (Wildman–Crippen MR) is 104 cm³/mol. The van der Waals surface area contributed by atoms with E-state index in [-0.39, 0.29) is 19.0 Å². The number of benzene rings is 2. The normalized spacial score (nSPS) is 10.7. The van der Waals surface area contributed by atoms with E-state index in [2.05, 4.69) is 10.1 Å². The van der Waals surface area contributed by atoms with Gasteiger partial charge in [0.1, 0.15) is 29.8 Å². The lowest BCUT2D eigenvalue weighted by molar-refractivity contribution is -0.145. The van der Waals surface area contributed by atoms with E-state index >= 15 is 0 Å². The van der Waals surface area contributed by atoms with Crippen molar-refractivity contribution in [1.29, 1.82) is 0 Å². The summed E-state index contributed by atoms with van der Waals surface area (Å²) in [5, 5.41) is 14.9. The maximum Gasteiger partial charge on any atom is 0.344 e. The molecule has 146 valence electrons. The second kappa shape index (κ2) is 8.95. The van der Waals surface area contributed by atoms with Gasteiger partial charge < -0.3 is 14.6 Å². The molecule has 1 aromatic heterocycles. The molecule has 3 aromatic rings. The van der Waals surface area contributed by atoms with Gasteiger partial charge in [-0.2, -0.15) is 5.10 Å². The van der Waals surface area contributed by atoms with Crippen molar-refractivity contribution in [1.82, 2.24) is 14.8 Å². The summed E-state index contributed by atoms with van der Waals surface area (Å²) in [5.74, 6) is -0.0153. The van der Waals surface area contributed by atoms with E-state index in [0.717, 1.165) is 5.56 Å². The predicted octanol–water partition coefficient (Wildman–Crippen LogP) is 3.81. The first kappa shape index (κ1) is 20.0. The molecule has 0 aliphatic heterocycles. The first-order valence-electron chi connectivity index (χ1n) is 8.41. The van der Waals surface area contributed by atoms with Gasteiger partial charge >= 0.3 is 5.97 Å². The summed E-state index contributed by atoms with van der Waals surface area (Å²) in [7, 11) is 0. The average molecular weight is 422 g/mol. The summed E-state index contributed by atoms with van der Waals surface area (Å²) in [6, 6.07) is 8.32. The SMILES string of the molecule is CCOC(=O)COc1cc(Cl)c(Cc2ccc(O)c(-n3cncn3)c2)c(Cl)c1. The third kappa shape index (κ3) is 4.74. The van der Waals surface area contributed by atoms with Crippen LogP contribution in [0.1, 0.15) is 18.1 Å². The molecule has 0 amide bonds. The highest BCUT2D eigenvalue weighted by Gasteiger charge is 2.13. The topological polar surface area (TPSA) is 86.5 Å². The summed E-state index contributed by atoms with van der Waals surface area (Å²) in [4.78, 5) is 15.3. The molecule has 2 aromatic carbocycles. The van der Waals surface area contributed by atoms with Crippen molar-refractivity contribution in [3.8, 4) is 17.2 Å². The van der Waals surface area contributed by atoms with E-state index in [1.54, 1.807) is 37.3 Å². The number of halogens is 2. The van der Waals surface area contributed by atoms with Crippen LogP contribution in [0, 0.1) is 0 Å². The second-order valence-corrected chi connectivity index (χ2v) is 6.61. The van der Waals surface area contributed by atoms with Crippen LogP contribution >= 0.6 is 23.2 Å². The quantitative estimate of drug-likeness (QED) is 0.583. The third-order valence-corrected chi connectivity index (χ3v) is 4.54. The number of esters is 1. The highest BCUT2D eigenvalue weighted by atomic mass is 35.5. The largest absolute Gasteiger partial charge is 0.506 e. The van der Waals surface area contributed by atoms with Gasteiger partial charge in [-0.25, -0.2) is 14.5 Å². The smallest absolute Gasteiger partial charge is 0.344 e. The summed E-state index contributed by atoms with van der Waals surface area (Å²) >= 11 is 12.7. The number of aromatic hydroxyl groups is 1. The minimum absolute atomic E-state index is 0.0779. The average Bonchev–Trinajstić information content (AvgIpc) is 3.19. The lowest BCUT2D eigenvalue weighted by atomic mass is 10.0. The monoisotopic (exact) mass is 421 g/mol. The first-order valence-corrected chi connectivity index (χ1v) is 9.16. The van der Waals surface area contributed by atoms with E-state index in [0.29, 0.717) is 33.5 Å². The molecule has 1 heterocycles. The zero-order valence-corrected chi connectivity index (χ0v) is 16.4. The van der Waals surface area contributed by atoms with Crippen molar-refractivity contribution in [2.75, 3.05) is 13.2 Å². The Bertz CT molecular complexity index is 954. The Kier molecular flexibility index (Phi) is 6.38. The van der Waals surface area contributed by atoms with Crippen molar-refractivity contribution in [3.63, 3.8) is 0 Å². The summed E-state index contributed by atoms with van der Waals surface area (Å²) in [6.07, 6.45) is 3.31. The van der Waals surface area contributed by atoms with Gasteiger partial charge in [0.15, 0.2) is 6.61 Å². The Morgan fingerprint density at radius 1 is 1.21 bits per heavy atom. The molecule has 1 N–H and O–H groups in total. The van der Waals surface area contributed by atoms with Crippen molar-refractivity contribution in [3.05, 3.63) is 64.2 Å². The van der Waals surface area contributed by atoms with Crippen LogP contribution in [0.15, 0.2) is 43.0 Å². The molecule has 3 rings (SSSR count). The Morgan fingerprint density at radius 3 is 2.61 bits per heavy atom. The van der Waals surface area contributed by atoms with Crippen LogP contribution in [0.4, 0.5) is 0 Å². The summed E-state index contributed by atoms with van der Waals surface area (Å²) in [5.41, 5.74) is 2.06. The van der Waals surface area contributed by atoms with Gasteiger partial charge in [0, 0.05) is 16.5 Å². The van der Waals surface area contributed by atoms with Crippen LogP contribution in [-0.4, -0.2) is 39.1 Å². The van der Waals surface area contributed by atoms with E-state index in [9.17, 15) is 9.90 Å². The van der Waals surface area contributed by atoms with Crippen molar-refractivity contribution >= 4 is 29.2 Å². The number of nitrogens with zero attached hydrogens (tertiary/aromatic N) is 3. The fourth-order valence-electron chi connectivity index (χ4n) is 2.58. The minimum Gasteiger partial charge on any atom is -0.506 e. The molecule has 0 atom stereocenters. The van der Waals surface area contributed by atoms with Crippen LogP contribution in [0.5, 0.6) is 11.5 Å². The number of carbonyl (C=O) groups is 1. The fourth-order valence-corrected chi connectivity index (χ4v) is 3.18. The van der Waals surface area contributed by atoms with E-state index in [1.807, 2.05) is 0 Å². The molecule has 0 aliphatic carbocycles. The maximum absolute atomic E-state index is 11.4. The van der Waals surface area contributed by atoms with Gasteiger partial charge in [0.25, 0.3) is 0 Å². The number of ether oxygens (including phenoxy) is 2. The number of hydrogen-bond donors (Lipinski definition) is 1. The molecular weight excluding hydrogens is 405 g/mol. The summed E-state index contributed by atoms with van der Waals surface area (Å²) < 4.78 is 11.7. The number of phenols is 1. The third-order valence-electron chi connectivity index (χ3n) is 3.86. The molecule has 0 saturated carbocycles. The zero-order valence-electron chi connectivity index (χ0n) is 14.9. The molecule has 0 radical (unpaired) electrons. The zero-order chi connectivity index (χ0) is 20.1. The van der Waals surface area contributed by atoms with Crippen LogP contribution in [-0.2, 0) is 16.0 Å². The van der Waals surface area contributed by atoms with E-state index in [4.69, 9.17) is 32.7 Å². The van der Waals surface area contributed by atoms with Gasteiger partial charge in [-0.05, 0) is 42.3 Å². The lowest BCUT2D eigenvalue weighted by Crippen LogP contribution is -2.14. The van der Waals surface area contributed by atoms with Gasteiger partial charge in [-0.15, -0.1) is 0 Å². The Labute approximate surface area is 171 Å². The Morgan fingerprint density at radius 2 is 1.96 bits per heavy atom. The molecule has 7 nitrogen and oxygen atoms in total. The number of phenolic OH excluding ortho intramolecular Hbond substituents is 1. The molecule has 0 unspecified atom stereocenters. The molecule has 0 aliphatic rings. The van der Waals surface area contributed by atoms with E-state index in [1.165, 1.54) is 17.3 Å². The summed E-state index contributed by atoms with van der Waals surface area (Å²) in [6.45, 7) is 1.78. The fraction of sp³-hybridized carbons (Fsp3) is 0.211. The number of rotatable bonds is 7. The molecule has 0 bridgehead atoms. The van der Waals surface area contributed by atoms with Crippen LogP contribution < -0.4 is 4.74 Å². The lowest BCUT2D eigenvalue weighted by Gasteiger charge is -2.12. The van der Waals surface area contributed by atoms with Crippen molar-refractivity contribution < 1.29 is 19.4 Å². The van der Waals surface area contributed by atoms with Crippen LogP contribution in [0.2, 0.25) is 10.0 Å². The first-order chi connectivity index (χ1) is 13.5. The standard InChI is InChI=1S/C19H17Cl2N3O4/c1-2-27-19(26)9-28-13-7-15(20)14(16(21)8-13)5-12-3-4-18(25)17(6-12)24-11-22-10-23-24/h3-4,6-8,10-11,25H,2,5,9H2,1H3. The molecule has 0 fully saturated rings. The molecule has 28 heavy (non-hydrogen) atoms. The van der Waals surface area contributed by atoms with Gasteiger partial charge in [0.05, 0.1) is 6.61 Å². The highest BCUT2D eigenvalue weighted by molar-refractivity contribution is 6.36. The van der Waals surface area contributed by atoms with Crippen LogP contribution in [0.25, 0.3) is 5.69 Å². The Balaban J connectivity index is 1.79. The maximum atomic E-state index is 11.4. The van der Waals surface area contributed by atoms with Gasteiger partial charge in [-0.3, -0.25) is 0 Å².